The predicted molar refractivity (Wildman–Crippen MR) is 94.7 cm³/mol. The summed E-state index contributed by atoms with van der Waals surface area (Å²) in [6.45, 7) is 0.652. The molecule has 1 unspecified atom stereocenters. The Bertz CT molecular complexity index is 890. The maximum Gasteiger partial charge on any atom is 0.227 e. The summed E-state index contributed by atoms with van der Waals surface area (Å²) in [6.07, 6.45) is 2.22. The van der Waals surface area contributed by atoms with Gasteiger partial charge in [-0.2, -0.15) is 0 Å². The standard InChI is InChI=1S/C20H18N2O2/c23-13-14-10-20(24)22(12-14)18-7-5-15(6-8-18)17-4-3-16-2-1-9-21-19(16)11-17/h1-9,11,14,23H,10,12-13H2. The Morgan fingerprint density at radius 1 is 1.08 bits per heavy atom. The van der Waals surface area contributed by atoms with E-state index in [9.17, 15) is 9.90 Å². The van der Waals surface area contributed by atoms with Gasteiger partial charge in [0.05, 0.1) is 5.52 Å². The molecule has 0 bridgehead atoms. The smallest absolute Gasteiger partial charge is 0.227 e. The van der Waals surface area contributed by atoms with Crippen LogP contribution in [0.25, 0.3) is 22.0 Å². The van der Waals surface area contributed by atoms with Crippen molar-refractivity contribution >= 4 is 22.5 Å². The quantitative estimate of drug-likeness (QED) is 0.806. The Balaban J connectivity index is 1.62. The third-order valence-corrected chi connectivity index (χ3v) is 4.58. The second-order valence-electron chi connectivity index (χ2n) is 6.21. The summed E-state index contributed by atoms with van der Waals surface area (Å²) < 4.78 is 0. The number of pyridine rings is 1. The van der Waals surface area contributed by atoms with E-state index in [4.69, 9.17) is 0 Å². The molecule has 0 spiro atoms. The van der Waals surface area contributed by atoms with Crippen molar-refractivity contribution in [1.29, 1.82) is 0 Å². The zero-order valence-electron chi connectivity index (χ0n) is 13.2. The molecule has 1 amide bonds. The highest BCUT2D eigenvalue weighted by Gasteiger charge is 2.29. The van der Waals surface area contributed by atoms with Crippen LogP contribution in [0.15, 0.2) is 60.8 Å². The van der Waals surface area contributed by atoms with Crippen LogP contribution in [0.2, 0.25) is 0 Å². The van der Waals surface area contributed by atoms with Crippen molar-refractivity contribution in [2.24, 2.45) is 5.92 Å². The number of aliphatic hydroxyl groups excluding tert-OH is 1. The second kappa shape index (κ2) is 6.06. The Kier molecular flexibility index (Phi) is 3.75. The molecular formula is C20H18N2O2. The molecule has 3 aromatic rings. The lowest BCUT2D eigenvalue weighted by atomic mass is 10.0. The van der Waals surface area contributed by atoms with Crippen molar-refractivity contribution in [1.82, 2.24) is 4.98 Å². The summed E-state index contributed by atoms with van der Waals surface area (Å²) >= 11 is 0. The molecule has 1 aromatic heterocycles. The average Bonchev–Trinajstić information content (AvgIpc) is 3.02. The second-order valence-corrected chi connectivity index (χ2v) is 6.21. The van der Waals surface area contributed by atoms with E-state index in [0.717, 1.165) is 27.7 Å². The van der Waals surface area contributed by atoms with Gasteiger partial charge in [0.25, 0.3) is 0 Å². The lowest BCUT2D eigenvalue weighted by Gasteiger charge is -2.17. The molecule has 0 saturated carbocycles. The maximum absolute atomic E-state index is 12.1. The third-order valence-electron chi connectivity index (χ3n) is 4.58. The van der Waals surface area contributed by atoms with Crippen LogP contribution < -0.4 is 4.90 Å². The van der Waals surface area contributed by atoms with Gasteiger partial charge in [0.1, 0.15) is 0 Å². The molecular weight excluding hydrogens is 300 g/mol. The highest BCUT2D eigenvalue weighted by molar-refractivity contribution is 5.96. The fraction of sp³-hybridized carbons (Fsp3) is 0.200. The molecule has 4 nitrogen and oxygen atoms in total. The summed E-state index contributed by atoms with van der Waals surface area (Å²) in [4.78, 5) is 18.2. The van der Waals surface area contributed by atoms with Crippen molar-refractivity contribution < 1.29 is 9.90 Å². The minimum atomic E-state index is 0.0451. The van der Waals surface area contributed by atoms with Crippen LogP contribution in [0.3, 0.4) is 0 Å². The van der Waals surface area contributed by atoms with Crippen molar-refractivity contribution in [3.05, 3.63) is 60.8 Å². The van der Waals surface area contributed by atoms with E-state index in [1.54, 1.807) is 11.1 Å². The summed E-state index contributed by atoms with van der Waals surface area (Å²) in [6, 6.07) is 18.2. The van der Waals surface area contributed by atoms with Crippen LogP contribution in [0, 0.1) is 5.92 Å². The van der Waals surface area contributed by atoms with Crippen molar-refractivity contribution in [2.75, 3.05) is 18.1 Å². The highest BCUT2D eigenvalue weighted by Crippen LogP contribution is 2.29. The number of anilines is 1. The van der Waals surface area contributed by atoms with Gasteiger partial charge in [0, 0.05) is 42.8 Å². The van der Waals surface area contributed by atoms with Gasteiger partial charge >= 0.3 is 0 Å². The number of rotatable bonds is 3. The molecule has 1 aliphatic rings. The molecule has 120 valence electrons. The maximum atomic E-state index is 12.1. The molecule has 1 N–H and O–H groups in total. The largest absolute Gasteiger partial charge is 0.396 e. The van der Waals surface area contributed by atoms with E-state index in [0.29, 0.717) is 13.0 Å². The van der Waals surface area contributed by atoms with Crippen LogP contribution in [0.1, 0.15) is 6.42 Å². The van der Waals surface area contributed by atoms with E-state index in [-0.39, 0.29) is 18.4 Å². The highest BCUT2D eigenvalue weighted by atomic mass is 16.3. The Morgan fingerprint density at radius 3 is 2.62 bits per heavy atom. The topological polar surface area (TPSA) is 53.4 Å². The number of carbonyl (C=O) groups is 1. The van der Waals surface area contributed by atoms with Crippen LogP contribution >= 0.6 is 0 Å². The first-order chi connectivity index (χ1) is 11.7. The van der Waals surface area contributed by atoms with E-state index in [1.807, 2.05) is 36.4 Å². The molecule has 1 saturated heterocycles. The first-order valence-electron chi connectivity index (χ1n) is 8.11. The monoisotopic (exact) mass is 318 g/mol. The van der Waals surface area contributed by atoms with Crippen LogP contribution in [-0.4, -0.2) is 29.1 Å². The number of nitrogens with zero attached hydrogens (tertiary/aromatic N) is 2. The molecule has 4 rings (SSSR count). The van der Waals surface area contributed by atoms with E-state index in [1.165, 1.54) is 0 Å². The zero-order valence-corrected chi connectivity index (χ0v) is 13.2. The van der Waals surface area contributed by atoms with E-state index >= 15 is 0 Å². The Morgan fingerprint density at radius 2 is 1.88 bits per heavy atom. The van der Waals surface area contributed by atoms with Gasteiger partial charge in [-0.15, -0.1) is 0 Å². The molecule has 0 radical (unpaired) electrons. The van der Waals surface area contributed by atoms with Gasteiger partial charge in [-0.1, -0.05) is 30.3 Å². The van der Waals surface area contributed by atoms with Gasteiger partial charge in [-0.05, 0) is 35.4 Å². The molecule has 1 atom stereocenters. The zero-order chi connectivity index (χ0) is 16.5. The van der Waals surface area contributed by atoms with Crippen LogP contribution in [-0.2, 0) is 4.79 Å². The number of fused-ring (bicyclic) bond motifs is 1. The molecule has 24 heavy (non-hydrogen) atoms. The number of amides is 1. The fourth-order valence-corrected chi connectivity index (χ4v) is 3.23. The van der Waals surface area contributed by atoms with Crippen molar-refractivity contribution in [3.8, 4) is 11.1 Å². The van der Waals surface area contributed by atoms with Crippen molar-refractivity contribution in [2.45, 2.75) is 6.42 Å². The number of hydrogen-bond donors (Lipinski definition) is 1. The molecule has 2 heterocycles. The third kappa shape index (κ3) is 2.65. The minimum Gasteiger partial charge on any atom is -0.396 e. The summed E-state index contributed by atoms with van der Waals surface area (Å²) in [7, 11) is 0. The van der Waals surface area contributed by atoms with Gasteiger partial charge < -0.3 is 10.0 Å². The molecule has 2 aromatic carbocycles. The average molecular weight is 318 g/mol. The fourth-order valence-electron chi connectivity index (χ4n) is 3.23. The van der Waals surface area contributed by atoms with Crippen LogP contribution in [0.4, 0.5) is 5.69 Å². The van der Waals surface area contributed by atoms with Gasteiger partial charge in [-0.3, -0.25) is 9.78 Å². The lowest BCUT2D eigenvalue weighted by Crippen LogP contribution is -2.24. The van der Waals surface area contributed by atoms with Gasteiger partial charge in [0.2, 0.25) is 5.91 Å². The SMILES string of the molecule is O=C1CC(CO)CN1c1ccc(-c2ccc3cccnc3c2)cc1. The number of carbonyl (C=O) groups excluding carboxylic acids is 1. The summed E-state index contributed by atoms with van der Waals surface area (Å²) in [5, 5.41) is 10.4. The number of hydrogen-bond acceptors (Lipinski definition) is 3. The number of aliphatic hydroxyl groups is 1. The molecule has 4 heteroatoms. The van der Waals surface area contributed by atoms with E-state index in [2.05, 4.69) is 23.2 Å². The lowest BCUT2D eigenvalue weighted by molar-refractivity contribution is -0.117. The van der Waals surface area contributed by atoms with Crippen molar-refractivity contribution in [3.63, 3.8) is 0 Å². The Labute approximate surface area is 140 Å². The predicted octanol–water partition coefficient (Wildman–Crippen LogP) is 3.25. The normalized spacial score (nSPS) is 17.6. The minimum absolute atomic E-state index is 0.0451. The molecule has 1 fully saturated rings. The first-order valence-corrected chi connectivity index (χ1v) is 8.11. The summed E-state index contributed by atoms with van der Waals surface area (Å²) in [5.41, 5.74) is 4.06. The number of benzene rings is 2. The first kappa shape index (κ1) is 14.8. The molecule has 1 aliphatic heterocycles. The van der Waals surface area contributed by atoms with Crippen LogP contribution in [0.5, 0.6) is 0 Å². The summed E-state index contributed by atoms with van der Waals surface area (Å²) in [5.74, 6) is 0.125. The van der Waals surface area contributed by atoms with Gasteiger partial charge in [0.15, 0.2) is 0 Å². The Hall–Kier alpha value is -2.72. The van der Waals surface area contributed by atoms with Gasteiger partial charge in [-0.25, -0.2) is 0 Å². The molecule has 0 aliphatic carbocycles. The number of aromatic nitrogens is 1. The van der Waals surface area contributed by atoms with E-state index < -0.39 is 0 Å².